The smallest absolute Gasteiger partial charge is 0.233 e. The van der Waals surface area contributed by atoms with Crippen LogP contribution in [0.2, 0.25) is 5.02 Å². The van der Waals surface area contributed by atoms with Gasteiger partial charge in [0.25, 0.3) is 0 Å². The van der Waals surface area contributed by atoms with Gasteiger partial charge in [0.15, 0.2) is 0 Å². The molecule has 3 nitrogen and oxygen atoms in total. The molecular formula is C16H20ClNO2. The van der Waals surface area contributed by atoms with Crippen molar-refractivity contribution < 1.29 is 9.90 Å². The maximum Gasteiger partial charge on any atom is 0.233 e. The predicted molar refractivity (Wildman–Crippen MR) is 78.7 cm³/mol. The van der Waals surface area contributed by atoms with Gasteiger partial charge in [-0.05, 0) is 42.9 Å². The van der Waals surface area contributed by atoms with Crippen LogP contribution in [0.5, 0.6) is 0 Å². The lowest BCUT2D eigenvalue weighted by atomic mass is 9.91. The summed E-state index contributed by atoms with van der Waals surface area (Å²) < 4.78 is 0. The third-order valence-corrected chi connectivity index (χ3v) is 4.98. The monoisotopic (exact) mass is 293 g/mol. The Morgan fingerprint density at radius 1 is 1.45 bits per heavy atom. The molecular weight excluding hydrogens is 274 g/mol. The van der Waals surface area contributed by atoms with Gasteiger partial charge in [0.05, 0.1) is 11.5 Å². The Bertz CT molecular complexity index is 527. The highest BCUT2D eigenvalue weighted by atomic mass is 35.5. The van der Waals surface area contributed by atoms with Crippen LogP contribution in [0.4, 0.5) is 0 Å². The van der Waals surface area contributed by atoms with Crippen LogP contribution in [0, 0.1) is 5.92 Å². The highest BCUT2D eigenvalue weighted by Crippen LogP contribution is 2.50. The van der Waals surface area contributed by atoms with E-state index in [0.29, 0.717) is 11.6 Å². The number of nitrogens with zero attached hydrogens (tertiary/aromatic N) is 1. The first-order valence-corrected chi connectivity index (χ1v) is 7.64. The van der Waals surface area contributed by atoms with Gasteiger partial charge in [0.1, 0.15) is 0 Å². The van der Waals surface area contributed by atoms with Crippen LogP contribution in [-0.4, -0.2) is 35.1 Å². The molecule has 1 amide bonds. The summed E-state index contributed by atoms with van der Waals surface area (Å²) in [6.45, 7) is 3.25. The molecule has 108 valence electrons. The molecule has 2 unspecified atom stereocenters. The van der Waals surface area contributed by atoms with Crippen molar-refractivity contribution >= 4 is 17.5 Å². The molecule has 4 heteroatoms. The molecule has 3 rings (SSSR count). The van der Waals surface area contributed by atoms with E-state index >= 15 is 0 Å². The number of likely N-dealkylation sites (tertiary alicyclic amines) is 1. The average Bonchev–Trinajstić information content (AvgIpc) is 3.23. The molecule has 1 saturated carbocycles. The van der Waals surface area contributed by atoms with Crippen molar-refractivity contribution in [1.29, 1.82) is 0 Å². The van der Waals surface area contributed by atoms with Crippen LogP contribution in [0.25, 0.3) is 0 Å². The molecule has 2 aliphatic rings. The zero-order chi connectivity index (χ0) is 14.3. The van der Waals surface area contributed by atoms with E-state index in [1.807, 2.05) is 36.1 Å². The molecule has 1 aromatic rings. The molecule has 0 aromatic heterocycles. The number of carbonyl (C=O) groups excluding carboxylic acids is 1. The van der Waals surface area contributed by atoms with Crippen molar-refractivity contribution in [2.24, 2.45) is 5.92 Å². The van der Waals surface area contributed by atoms with Crippen molar-refractivity contribution in [3.8, 4) is 0 Å². The van der Waals surface area contributed by atoms with Crippen LogP contribution >= 0.6 is 11.6 Å². The number of benzene rings is 1. The van der Waals surface area contributed by atoms with Crippen LogP contribution < -0.4 is 0 Å². The quantitative estimate of drug-likeness (QED) is 0.910. The van der Waals surface area contributed by atoms with Gasteiger partial charge in [-0.2, -0.15) is 0 Å². The van der Waals surface area contributed by atoms with Gasteiger partial charge in [0.2, 0.25) is 5.91 Å². The third kappa shape index (κ3) is 2.33. The molecule has 1 heterocycles. The highest BCUT2D eigenvalue weighted by Gasteiger charge is 2.53. The molecule has 1 aliphatic carbocycles. The van der Waals surface area contributed by atoms with Crippen LogP contribution in [0.15, 0.2) is 24.3 Å². The third-order valence-electron chi connectivity index (χ3n) is 4.74. The molecule has 0 spiro atoms. The highest BCUT2D eigenvalue weighted by molar-refractivity contribution is 6.30. The summed E-state index contributed by atoms with van der Waals surface area (Å²) in [4.78, 5) is 14.6. The molecule has 2 fully saturated rings. The average molecular weight is 294 g/mol. The van der Waals surface area contributed by atoms with Gasteiger partial charge in [-0.25, -0.2) is 0 Å². The first-order valence-electron chi connectivity index (χ1n) is 7.26. The Morgan fingerprint density at radius 2 is 2.20 bits per heavy atom. The fourth-order valence-corrected chi connectivity index (χ4v) is 3.26. The standard InChI is InChI=1S/C16H20ClNO2/c1-11-5-8-18(10-14(11)19)15(20)16(6-7-16)12-3-2-4-13(17)9-12/h2-4,9,11,14,19H,5-8,10H2,1H3. The number of piperidine rings is 1. The lowest BCUT2D eigenvalue weighted by molar-refractivity contribution is -0.138. The van der Waals surface area contributed by atoms with Crippen LogP contribution in [0.3, 0.4) is 0 Å². The number of aliphatic hydroxyl groups is 1. The molecule has 0 radical (unpaired) electrons. The van der Waals surface area contributed by atoms with Crippen molar-refractivity contribution in [2.45, 2.75) is 37.7 Å². The topological polar surface area (TPSA) is 40.5 Å². The SMILES string of the molecule is CC1CCN(C(=O)C2(c3cccc(Cl)c3)CC2)CC1O. The number of rotatable bonds is 2. The minimum absolute atomic E-state index is 0.158. The predicted octanol–water partition coefficient (Wildman–Crippen LogP) is 2.60. The first-order chi connectivity index (χ1) is 9.53. The van der Waals surface area contributed by atoms with E-state index in [2.05, 4.69) is 0 Å². The van der Waals surface area contributed by atoms with Crippen molar-refractivity contribution in [2.75, 3.05) is 13.1 Å². The summed E-state index contributed by atoms with van der Waals surface area (Å²) >= 11 is 6.05. The van der Waals surface area contributed by atoms with Gasteiger partial charge in [-0.1, -0.05) is 30.7 Å². The van der Waals surface area contributed by atoms with Gasteiger partial charge in [-0.3, -0.25) is 4.79 Å². The maximum absolute atomic E-state index is 12.8. The first kappa shape index (κ1) is 13.9. The number of aliphatic hydroxyl groups excluding tert-OH is 1. The lowest BCUT2D eigenvalue weighted by Crippen LogP contribution is -2.49. The van der Waals surface area contributed by atoms with Gasteiger partial charge >= 0.3 is 0 Å². The van der Waals surface area contributed by atoms with E-state index in [9.17, 15) is 9.90 Å². The van der Waals surface area contributed by atoms with E-state index in [1.54, 1.807) is 0 Å². The molecule has 1 saturated heterocycles. The van der Waals surface area contributed by atoms with E-state index in [4.69, 9.17) is 11.6 Å². The fourth-order valence-electron chi connectivity index (χ4n) is 3.07. The van der Waals surface area contributed by atoms with E-state index in [-0.39, 0.29) is 17.2 Å². The number of carbonyl (C=O) groups is 1. The van der Waals surface area contributed by atoms with Crippen molar-refractivity contribution in [1.82, 2.24) is 4.90 Å². The van der Waals surface area contributed by atoms with Crippen LogP contribution in [0.1, 0.15) is 31.7 Å². The second-order valence-electron chi connectivity index (χ2n) is 6.18. The Hall–Kier alpha value is -1.06. The number of β-amino-alcohol motifs (C(OH)–C–C–N with tert-alkyl or cyclic N) is 1. The zero-order valence-corrected chi connectivity index (χ0v) is 12.4. The summed E-state index contributed by atoms with van der Waals surface area (Å²) in [6, 6.07) is 7.62. The van der Waals surface area contributed by atoms with Crippen LogP contribution in [-0.2, 0) is 10.2 Å². The second kappa shape index (κ2) is 5.05. The molecule has 2 atom stereocenters. The molecule has 1 aromatic carbocycles. The van der Waals surface area contributed by atoms with Gasteiger partial charge in [-0.15, -0.1) is 0 Å². The van der Waals surface area contributed by atoms with E-state index in [0.717, 1.165) is 31.4 Å². The van der Waals surface area contributed by atoms with E-state index in [1.165, 1.54) is 0 Å². The largest absolute Gasteiger partial charge is 0.391 e. The van der Waals surface area contributed by atoms with Crippen molar-refractivity contribution in [3.05, 3.63) is 34.9 Å². The second-order valence-corrected chi connectivity index (χ2v) is 6.61. The Balaban J connectivity index is 1.80. The summed E-state index contributed by atoms with van der Waals surface area (Å²) in [5, 5.41) is 10.7. The number of hydrogen-bond acceptors (Lipinski definition) is 2. The molecule has 1 N–H and O–H groups in total. The maximum atomic E-state index is 12.8. The fraction of sp³-hybridized carbons (Fsp3) is 0.562. The van der Waals surface area contributed by atoms with E-state index < -0.39 is 6.10 Å². The summed E-state index contributed by atoms with van der Waals surface area (Å²) in [5.41, 5.74) is 0.633. The lowest BCUT2D eigenvalue weighted by Gasteiger charge is -2.36. The zero-order valence-electron chi connectivity index (χ0n) is 11.7. The number of hydrogen-bond donors (Lipinski definition) is 1. The number of amides is 1. The van der Waals surface area contributed by atoms with Crippen molar-refractivity contribution in [3.63, 3.8) is 0 Å². The Kier molecular flexibility index (Phi) is 3.51. The number of halogens is 1. The minimum Gasteiger partial charge on any atom is -0.391 e. The van der Waals surface area contributed by atoms with Gasteiger partial charge < -0.3 is 10.0 Å². The summed E-state index contributed by atoms with van der Waals surface area (Å²) in [5.74, 6) is 0.436. The summed E-state index contributed by atoms with van der Waals surface area (Å²) in [7, 11) is 0. The normalized spacial score (nSPS) is 28.2. The Labute approximate surface area is 124 Å². The minimum atomic E-state index is -0.400. The molecule has 20 heavy (non-hydrogen) atoms. The molecule has 0 bridgehead atoms. The Morgan fingerprint density at radius 3 is 2.80 bits per heavy atom. The molecule has 1 aliphatic heterocycles. The van der Waals surface area contributed by atoms with Gasteiger partial charge in [0, 0.05) is 18.1 Å². The summed E-state index contributed by atoms with van der Waals surface area (Å²) in [6.07, 6.45) is 2.24.